The van der Waals surface area contributed by atoms with E-state index in [-0.39, 0.29) is 16.9 Å². The van der Waals surface area contributed by atoms with Crippen LogP contribution in [0, 0.1) is 10.8 Å². The van der Waals surface area contributed by atoms with Crippen molar-refractivity contribution >= 4 is 0 Å². The van der Waals surface area contributed by atoms with E-state index >= 15 is 0 Å². The van der Waals surface area contributed by atoms with Crippen LogP contribution in [0.5, 0.6) is 0 Å². The third kappa shape index (κ3) is 1.41. The van der Waals surface area contributed by atoms with E-state index in [0.717, 1.165) is 25.7 Å². The number of aliphatic hydroxyl groups excluding tert-OH is 1. The second-order valence-electron chi connectivity index (χ2n) is 6.70. The van der Waals surface area contributed by atoms with Crippen LogP contribution in [0.1, 0.15) is 46.5 Å². The summed E-state index contributed by atoms with van der Waals surface area (Å²) in [4.78, 5) is 0. The second-order valence-corrected chi connectivity index (χ2v) is 6.70. The summed E-state index contributed by atoms with van der Waals surface area (Å²) in [5.41, 5.74) is 1.09. The Morgan fingerprint density at radius 1 is 1.17 bits per heavy atom. The van der Waals surface area contributed by atoms with Gasteiger partial charge in [0.05, 0.1) is 19.3 Å². The van der Waals surface area contributed by atoms with Gasteiger partial charge in [-0.2, -0.15) is 0 Å². The van der Waals surface area contributed by atoms with Gasteiger partial charge in [0, 0.05) is 17.3 Å². The molecule has 2 atom stereocenters. The van der Waals surface area contributed by atoms with Gasteiger partial charge in [0.1, 0.15) is 0 Å². The lowest BCUT2D eigenvalue weighted by atomic mass is 9.53. The molecule has 1 N–H and O–H groups in total. The first kappa shape index (κ1) is 12.6. The van der Waals surface area contributed by atoms with Crippen LogP contribution in [0.15, 0.2) is 11.6 Å². The van der Waals surface area contributed by atoms with E-state index in [4.69, 9.17) is 9.47 Å². The average Bonchev–Trinajstić information content (AvgIpc) is 2.79. The third-order valence-electron chi connectivity index (χ3n) is 5.49. The predicted molar refractivity (Wildman–Crippen MR) is 69.1 cm³/mol. The molecule has 1 aliphatic heterocycles. The molecular weight excluding hydrogens is 228 g/mol. The van der Waals surface area contributed by atoms with Crippen molar-refractivity contribution in [3.8, 4) is 0 Å². The molecular formula is C15H24O3. The van der Waals surface area contributed by atoms with Gasteiger partial charge in [-0.15, -0.1) is 0 Å². The number of ether oxygens (including phenoxy) is 2. The van der Waals surface area contributed by atoms with Gasteiger partial charge in [0.25, 0.3) is 0 Å². The molecule has 1 saturated carbocycles. The molecule has 1 spiro atoms. The van der Waals surface area contributed by atoms with Crippen LogP contribution < -0.4 is 0 Å². The second kappa shape index (κ2) is 3.81. The molecule has 0 radical (unpaired) electrons. The Bertz CT molecular complexity index is 379. The lowest BCUT2D eigenvalue weighted by Crippen LogP contribution is -2.57. The van der Waals surface area contributed by atoms with E-state index in [1.807, 2.05) is 0 Å². The Kier molecular flexibility index (Phi) is 2.68. The molecule has 0 aromatic rings. The Morgan fingerprint density at radius 2 is 1.83 bits per heavy atom. The van der Waals surface area contributed by atoms with Gasteiger partial charge >= 0.3 is 0 Å². The standard InChI is InChI=1S/C15H24O3/c1-13(2)11-5-4-6-12(16)14(11,3)7-8-15(13)17-9-10-18-15/h5,12,16H,4,6-10H2,1-3H3/t12-,14-/m0/s1. The molecule has 3 rings (SSSR count). The third-order valence-corrected chi connectivity index (χ3v) is 5.49. The van der Waals surface area contributed by atoms with Crippen LogP contribution in [0.4, 0.5) is 0 Å². The molecule has 18 heavy (non-hydrogen) atoms. The van der Waals surface area contributed by atoms with Crippen molar-refractivity contribution in [1.29, 1.82) is 0 Å². The maximum Gasteiger partial charge on any atom is 0.177 e. The highest BCUT2D eigenvalue weighted by atomic mass is 16.7. The normalized spacial score (nSPS) is 41.6. The summed E-state index contributed by atoms with van der Waals surface area (Å²) in [6.45, 7) is 8.00. The van der Waals surface area contributed by atoms with Gasteiger partial charge in [-0.3, -0.25) is 0 Å². The van der Waals surface area contributed by atoms with Crippen LogP contribution in [0.2, 0.25) is 0 Å². The maximum atomic E-state index is 10.4. The van der Waals surface area contributed by atoms with Crippen molar-refractivity contribution in [3.05, 3.63) is 11.6 Å². The Balaban J connectivity index is 2.04. The molecule has 3 nitrogen and oxygen atoms in total. The van der Waals surface area contributed by atoms with Gasteiger partial charge in [0.2, 0.25) is 0 Å². The summed E-state index contributed by atoms with van der Waals surface area (Å²) in [5.74, 6) is -0.463. The summed E-state index contributed by atoms with van der Waals surface area (Å²) in [6.07, 6.45) is 5.76. The van der Waals surface area contributed by atoms with E-state index in [2.05, 4.69) is 26.8 Å². The molecule has 2 aliphatic carbocycles. The summed E-state index contributed by atoms with van der Waals surface area (Å²) in [7, 11) is 0. The fraction of sp³-hybridized carbons (Fsp3) is 0.867. The zero-order valence-electron chi connectivity index (χ0n) is 11.7. The van der Waals surface area contributed by atoms with Gasteiger partial charge in [0.15, 0.2) is 5.79 Å². The largest absolute Gasteiger partial charge is 0.392 e. The van der Waals surface area contributed by atoms with Crippen molar-refractivity contribution in [2.24, 2.45) is 10.8 Å². The number of hydrogen-bond donors (Lipinski definition) is 1. The highest BCUT2D eigenvalue weighted by Gasteiger charge is 2.61. The first-order chi connectivity index (χ1) is 8.42. The van der Waals surface area contributed by atoms with E-state index in [1.165, 1.54) is 5.57 Å². The number of fused-ring (bicyclic) bond motifs is 1. The van der Waals surface area contributed by atoms with Gasteiger partial charge in [-0.05, 0) is 19.3 Å². The minimum absolute atomic E-state index is 0.0949. The number of allylic oxidation sites excluding steroid dienone is 1. The Labute approximate surface area is 109 Å². The molecule has 2 fully saturated rings. The summed E-state index contributed by atoms with van der Waals surface area (Å²) in [5, 5.41) is 10.4. The van der Waals surface area contributed by atoms with E-state index < -0.39 is 5.79 Å². The lowest BCUT2D eigenvalue weighted by Gasteiger charge is -2.57. The van der Waals surface area contributed by atoms with E-state index in [0.29, 0.717) is 13.2 Å². The fourth-order valence-corrected chi connectivity index (χ4v) is 4.29. The molecule has 102 valence electrons. The molecule has 1 heterocycles. The highest BCUT2D eigenvalue weighted by Crippen LogP contribution is 2.61. The lowest BCUT2D eigenvalue weighted by molar-refractivity contribution is -0.245. The van der Waals surface area contributed by atoms with E-state index in [9.17, 15) is 5.11 Å². The molecule has 0 amide bonds. The van der Waals surface area contributed by atoms with Crippen LogP contribution >= 0.6 is 0 Å². The maximum absolute atomic E-state index is 10.4. The zero-order chi connectivity index (χ0) is 13.0. The Morgan fingerprint density at radius 3 is 2.50 bits per heavy atom. The quantitative estimate of drug-likeness (QED) is 0.674. The van der Waals surface area contributed by atoms with Crippen molar-refractivity contribution in [2.45, 2.75) is 58.3 Å². The molecule has 1 saturated heterocycles. The van der Waals surface area contributed by atoms with Crippen LogP contribution in [0.3, 0.4) is 0 Å². The number of hydrogen-bond acceptors (Lipinski definition) is 3. The first-order valence-electron chi connectivity index (χ1n) is 7.09. The van der Waals surface area contributed by atoms with Crippen molar-refractivity contribution in [1.82, 2.24) is 0 Å². The summed E-state index contributed by atoms with van der Waals surface area (Å²) < 4.78 is 12.0. The molecule has 0 aromatic carbocycles. The first-order valence-corrected chi connectivity index (χ1v) is 7.09. The molecule has 3 aliphatic rings. The molecule has 0 aromatic heterocycles. The molecule has 0 bridgehead atoms. The minimum atomic E-state index is -0.463. The number of aliphatic hydroxyl groups is 1. The fourth-order valence-electron chi connectivity index (χ4n) is 4.29. The number of rotatable bonds is 0. The van der Waals surface area contributed by atoms with Crippen molar-refractivity contribution in [2.75, 3.05) is 13.2 Å². The molecule has 3 heteroatoms. The topological polar surface area (TPSA) is 38.7 Å². The SMILES string of the molecule is CC1(C)C2=CCC[C@H](O)[C@@]2(C)CCC12OCCO2. The zero-order valence-corrected chi connectivity index (χ0v) is 11.7. The minimum Gasteiger partial charge on any atom is -0.392 e. The average molecular weight is 252 g/mol. The van der Waals surface area contributed by atoms with E-state index in [1.54, 1.807) is 0 Å². The highest BCUT2D eigenvalue weighted by molar-refractivity contribution is 5.31. The van der Waals surface area contributed by atoms with Crippen LogP contribution in [0.25, 0.3) is 0 Å². The molecule has 0 unspecified atom stereocenters. The Hall–Kier alpha value is -0.380. The van der Waals surface area contributed by atoms with Gasteiger partial charge < -0.3 is 14.6 Å². The van der Waals surface area contributed by atoms with Crippen LogP contribution in [-0.4, -0.2) is 30.2 Å². The van der Waals surface area contributed by atoms with Crippen molar-refractivity contribution < 1.29 is 14.6 Å². The van der Waals surface area contributed by atoms with Gasteiger partial charge in [-0.1, -0.05) is 32.4 Å². The van der Waals surface area contributed by atoms with Crippen molar-refractivity contribution in [3.63, 3.8) is 0 Å². The summed E-state index contributed by atoms with van der Waals surface area (Å²) in [6, 6.07) is 0. The smallest absolute Gasteiger partial charge is 0.177 e. The summed E-state index contributed by atoms with van der Waals surface area (Å²) >= 11 is 0. The van der Waals surface area contributed by atoms with Crippen LogP contribution in [-0.2, 0) is 9.47 Å². The predicted octanol–water partition coefficient (Wildman–Crippen LogP) is 2.64. The monoisotopic (exact) mass is 252 g/mol. The van der Waals surface area contributed by atoms with Gasteiger partial charge in [-0.25, -0.2) is 0 Å².